The number of nitro benzene ring substituents is 1. The smallest absolute Gasteiger partial charge is 0.269 e. The van der Waals surface area contributed by atoms with E-state index in [-0.39, 0.29) is 16.9 Å². The molecule has 1 aliphatic carbocycles. The number of nitrogens with zero attached hydrogens (tertiary/aromatic N) is 1. The van der Waals surface area contributed by atoms with E-state index in [2.05, 4.69) is 43.4 Å². The van der Waals surface area contributed by atoms with Crippen molar-refractivity contribution in [2.75, 3.05) is 5.32 Å². The standard InChI is InChI=1S/C25H22N2O3/c1-25(2)13-20-19-11-10-15-6-3-4-9-18(15)24(19)26-23(22(20)21(28)14-25)16-7-5-8-17(12-16)27(29)30/h3-12,23,26H,13-14H2,1-2H3. The fraction of sp³-hybridized carbons (Fsp3) is 0.240. The SMILES string of the molecule is CC1(C)CC(=O)C2=C(C1)c1ccc3ccccc3c1NC2c1cccc([N+](=O)[O-])c1. The van der Waals surface area contributed by atoms with Crippen LogP contribution in [-0.4, -0.2) is 10.7 Å². The van der Waals surface area contributed by atoms with Gasteiger partial charge in [-0.1, -0.05) is 62.4 Å². The van der Waals surface area contributed by atoms with Crippen LogP contribution in [0.5, 0.6) is 0 Å². The van der Waals surface area contributed by atoms with E-state index < -0.39 is 11.0 Å². The number of allylic oxidation sites excluding steroid dienone is 1. The lowest BCUT2D eigenvalue weighted by atomic mass is 9.68. The molecule has 2 aliphatic rings. The van der Waals surface area contributed by atoms with Gasteiger partial charge in [0.25, 0.3) is 5.69 Å². The minimum Gasteiger partial charge on any atom is -0.373 e. The highest BCUT2D eigenvalue weighted by Crippen LogP contribution is 2.51. The summed E-state index contributed by atoms with van der Waals surface area (Å²) in [4.78, 5) is 24.2. The molecule has 1 N–H and O–H groups in total. The summed E-state index contributed by atoms with van der Waals surface area (Å²) >= 11 is 0. The van der Waals surface area contributed by atoms with Gasteiger partial charge in [0.1, 0.15) is 0 Å². The number of carbonyl (C=O) groups is 1. The molecule has 0 aromatic heterocycles. The highest BCUT2D eigenvalue weighted by molar-refractivity contribution is 6.12. The molecule has 0 saturated carbocycles. The maximum absolute atomic E-state index is 13.3. The molecule has 1 atom stereocenters. The molecule has 5 rings (SSSR count). The number of ketones is 1. The lowest BCUT2D eigenvalue weighted by Gasteiger charge is -2.40. The van der Waals surface area contributed by atoms with Crippen molar-refractivity contribution in [2.45, 2.75) is 32.7 Å². The third-order valence-electron chi connectivity index (χ3n) is 6.17. The largest absolute Gasteiger partial charge is 0.373 e. The topological polar surface area (TPSA) is 72.2 Å². The molecule has 0 fully saturated rings. The van der Waals surface area contributed by atoms with Crippen molar-refractivity contribution in [3.05, 3.63) is 87.5 Å². The second-order valence-electron chi connectivity index (χ2n) is 8.97. The first-order valence-electron chi connectivity index (χ1n) is 10.1. The first-order chi connectivity index (χ1) is 14.3. The van der Waals surface area contributed by atoms with Gasteiger partial charge >= 0.3 is 0 Å². The van der Waals surface area contributed by atoms with Crippen LogP contribution in [0.2, 0.25) is 0 Å². The third kappa shape index (κ3) is 2.89. The summed E-state index contributed by atoms with van der Waals surface area (Å²) in [5.41, 5.74) is 4.51. The first kappa shape index (κ1) is 18.6. The summed E-state index contributed by atoms with van der Waals surface area (Å²) in [7, 11) is 0. The average molecular weight is 398 g/mol. The number of anilines is 1. The molecule has 5 nitrogen and oxygen atoms in total. The number of nitrogens with one attached hydrogen (secondary N) is 1. The Labute approximate surface area is 174 Å². The lowest BCUT2D eigenvalue weighted by Crippen LogP contribution is -2.33. The van der Waals surface area contributed by atoms with E-state index in [1.165, 1.54) is 6.07 Å². The maximum atomic E-state index is 13.3. The Morgan fingerprint density at radius 1 is 1.03 bits per heavy atom. The van der Waals surface area contributed by atoms with Crippen molar-refractivity contribution < 1.29 is 9.72 Å². The van der Waals surface area contributed by atoms with Gasteiger partial charge in [-0.3, -0.25) is 14.9 Å². The Morgan fingerprint density at radius 2 is 1.83 bits per heavy atom. The minimum atomic E-state index is -0.401. The van der Waals surface area contributed by atoms with E-state index >= 15 is 0 Å². The molecule has 3 aromatic rings. The van der Waals surface area contributed by atoms with Crippen molar-refractivity contribution >= 4 is 33.5 Å². The van der Waals surface area contributed by atoms with Gasteiger partial charge in [-0.05, 0) is 28.4 Å². The van der Waals surface area contributed by atoms with E-state index in [0.717, 1.165) is 45.2 Å². The average Bonchev–Trinajstić information content (AvgIpc) is 2.72. The van der Waals surface area contributed by atoms with Crippen LogP contribution in [0.15, 0.2) is 66.2 Å². The number of non-ortho nitro benzene ring substituents is 1. The van der Waals surface area contributed by atoms with Crippen molar-refractivity contribution in [1.29, 1.82) is 0 Å². The number of carbonyl (C=O) groups excluding carboxylic acids is 1. The first-order valence-corrected chi connectivity index (χ1v) is 10.1. The molecule has 1 unspecified atom stereocenters. The molecular weight excluding hydrogens is 376 g/mol. The molecule has 0 saturated heterocycles. The van der Waals surface area contributed by atoms with E-state index in [1.807, 2.05) is 18.2 Å². The zero-order valence-electron chi connectivity index (χ0n) is 16.9. The summed E-state index contributed by atoms with van der Waals surface area (Å²) < 4.78 is 0. The normalized spacial score (nSPS) is 19.8. The third-order valence-corrected chi connectivity index (χ3v) is 6.17. The van der Waals surface area contributed by atoms with Gasteiger partial charge in [-0.15, -0.1) is 0 Å². The Bertz CT molecular complexity index is 1260. The van der Waals surface area contributed by atoms with Crippen LogP contribution in [0.4, 0.5) is 11.4 Å². The van der Waals surface area contributed by atoms with Crippen LogP contribution < -0.4 is 5.32 Å². The van der Waals surface area contributed by atoms with Crippen molar-refractivity contribution in [3.63, 3.8) is 0 Å². The molecule has 0 amide bonds. The molecule has 0 radical (unpaired) electrons. The van der Waals surface area contributed by atoms with E-state index in [0.29, 0.717) is 6.42 Å². The Morgan fingerprint density at radius 3 is 2.63 bits per heavy atom. The van der Waals surface area contributed by atoms with E-state index in [1.54, 1.807) is 12.1 Å². The Hall–Kier alpha value is -3.47. The zero-order valence-corrected chi connectivity index (χ0v) is 16.9. The quantitative estimate of drug-likeness (QED) is 0.421. The number of hydrogen-bond acceptors (Lipinski definition) is 4. The maximum Gasteiger partial charge on any atom is 0.269 e. The molecule has 150 valence electrons. The molecule has 0 bridgehead atoms. The van der Waals surface area contributed by atoms with Gasteiger partial charge in [-0.25, -0.2) is 0 Å². The van der Waals surface area contributed by atoms with Crippen molar-refractivity contribution in [1.82, 2.24) is 0 Å². The second-order valence-corrected chi connectivity index (χ2v) is 8.97. The number of nitro groups is 1. The van der Waals surface area contributed by atoms with Gasteiger partial charge in [0, 0.05) is 35.1 Å². The summed E-state index contributed by atoms with van der Waals surface area (Å²) in [6, 6.07) is 18.6. The van der Waals surface area contributed by atoms with Crippen LogP contribution in [-0.2, 0) is 4.79 Å². The van der Waals surface area contributed by atoms with Crippen LogP contribution in [0, 0.1) is 15.5 Å². The zero-order chi connectivity index (χ0) is 21.0. The van der Waals surface area contributed by atoms with E-state index in [9.17, 15) is 14.9 Å². The van der Waals surface area contributed by atoms with Crippen LogP contribution in [0.25, 0.3) is 16.3 Å². The van der Waals surface area contributed by atoms with E-state index in [4.69, 9.17) is 0 Å². The van der Waals surface area contributed by atoms with Gasteiger partial charge in [0.2, 0.25) is 0 Å². The molecule has 1 heterocycles. The number of benzene rings is 3. The fourth-order valence-corrected chi connectivity index (χ4v) is 4.87. The van der Waals surface area contributed by atoms with Crippen LogP contribution in [0.1, 0.15) is 43.9 Å². The predicted molar refractivity (Wildman–Crippen MR) is 118 cm³/mol. The van der Waals surface area contributed by atoms with Gasteiger partial charge in [0.15, 0.2) is 5.78 Å². The predicted octanol–water partition coefficient (Wildman–Crippen LogP) is 6.06. The second kappa shape index (κ2) is 6.52. The summed E-state index contributed by atoms with van der Waals surface area (Å²) in [5.74, 6) is 0.115. The molecule has 3 aromatic carbocycles. The molecule has 1 aliphatic heterocycles. The number of fused-ring (bicyclic) bond motifs is 4. The van der Waals surface area contributed by atoms with Gasteiger partial charge < -0.3 is 5.32 Å². The fourth-order valence-electron chi connectivity index (χ4n) is 4.87. The van der Waals surface area contributed by atoms with Gasteiger partial charge in [0.05, 0.1) is 16.7 Å². The number of rotatable bonds is 2. The molecule has 5 heteroatoms. The lowest BCUT2D eigenvalue weighted by molar-refractivity contribution is -0.384. The highest BCUT2D eigenvalue weighted by atomic mass is 16.6. The number of Topliss-reactive ketones (excluding diaryl/α,β-unsaturated/α-hetero) is 1. The highest BCUT2D eigenvalue weighted by Gasteiger charge is 2.40. The van der Waals surface area contributed by atoms with Crippen molar-refractivity contribution in [3.8, 4) is 0 Å². The van der Waals surface area contributed by atoms with Gasteiger partial charge in [-0.2, -0.15) is 0 Å². The molecular formula is C25H22N2O3. The number of hydrogen-bond donors (Lipinski definition) is 1. The Kier molecular flexibility index (Phi) is 4.03. The summed E-state index contributed by atoms with van der Waals surface area (Å²) in [5, 5.41) is 17.1. The Balaban J connectivity index is 1.78. The van der Waals surface area contributed by atoms with Crippen LogP contribution in [0.3, 0.4) is 0 Å². The van der Waals surface area contributed by atoms with Crippen molar-refractivity contribution in [2.24, 2.45) is 5.41 Å². The summed E-state index contributed by atoms with van der Waals surface area (Å²) in [6.07, 6.45) is 1.27. The monoisotopic (exact) mass is 398 g/mol. The minimum absolute atomic E-state index is 0.0313. The molecule has 30 heavy (non-hydrogen) atoms. The van der Waals surface area contributed by atoms with Crippen LogP contribution >= 0.6 is 0 Å². The molecule has 0 spiro atoms. The summed E-state index contributed by atoms with van der Waals surface area (Å²) in [6.45, 7) is 4.25.